The lowest BCUT2D eigenvalue weighted by molar-refractivity contribution is -0.0357. The predicted octanol–water partition coefficient (Wildman–Crippen LogP) is 2.49. The van der Waals surface area contributed by atoms with E-state index in [9.17, 15) is 4.79 Å². The van der Waals surface area contributed by atoms with Gasteiger partial charge in [-0.2, -0.15) is 5.10 Å². The third-order valence-corrected chi connectivity index (χ3v) is 4.24. The number of hydrogen-bond acceptors (Lipinski definition) is 5. The first-order valence-electron chi connectivity index (χ1n) is 8.97. The van der Waals surface area contributed by atoms with Crippen molar-refractivity contribution in [3.8, 4) is 0 Å². The molecule has 1 aliphatic rings. The minimum atomic E-state index is -0.487. The molecule has 0 spiro atoms. The van der Waals surface area contributed by atoms with Crippen LogP contribution in [0.25, 0.3) is 0 Å². The van der Waals surface area contributed by atoms with E-state index < -0.39 is 5.60 Å². The highest BCUT2D eigenvalue weighted by molar-refractivity contribution is 5.68. The van der Waals surface area contributed by atoms with Crippen LogP contribution in [0.1, 0.15) is 52.6 Å². The van der Waals surface area contributed by atoms with Gasteiger partial charge in [0.15, 0.2) is 0 Å². The van der Waals surface area contributed by atoms with Gasteiger partial charge in [-0.1, -0.05) is 0 Å². The first-order chi connectivity index (χ1) is 11.7. The molecule has 0 radical (unpaired) electrons. The Kier molecular flexibility index (Phi) is 6.46. The molecule has 0 bridgehead atoms. The van der Waals surface area contributed by atoms with Gasteiger partial charge in [0.25, 0.3) is 0 Å². The van der Waals surface area contributed by atoms with E-state index in [2.05, 4.69) is 24.3 Å². The molecule has 1 aromatic rings. The van der Waals surface area contributed by atoms with E-state index in [0.29, 0.717) is 19.8 Å². The minimum Gasteiger partial charge on any atom is -0.444 e. The topological polar surface area (TPSA) is 68.6 Å². The fourth-order valence-corrected chi connectivity index (χ4v) is 3.07. The van der Waals surface area contributed by atoms with Crippen LogP contribution in [0.15, 0.2) is 12.4 Å². The van der Waals surface area contributed by atoms with Crippen LogP contribution in [0.5, 0.6) is 0 Å². The van der Waals surface area contributed by atoms with E-state index in [4.69, 9.17) is 9.47 Å². The van der Waals surface area contributed by atoms with E-state index in [1.165, 1.54) is 0 Å². The van der Waals surface area contributed by atoms with Crippen molar-refractivity contribution >= 4 is 6.09 Å². The zero-order valence-electron chi connectivity index (χ0n) is 16.3. The summed E-state index contributed by atoms with van der Waals surface area (Å²) in [6.07, 6.45) is 4.44. The second kappa shape index (κ2) is 8.19. The average molecular weight is 352 g/mol. The largest absolute Gasteiger partial charge is 0.444 e. The maximum atomic E-state index is 12.5. The van der Waals surface area contributed by atoms with Gasteiger partial charge in [-0.05, 0) is 41.0 Å². The molecule has 0 aliphatic carbocycles. The lowest BCUT2D eigenvalue weighted by Crippen LogP contribution is -2.52. The van der Waals surface area contributed by atoms with Crippen LogP contribution >= 0.6 is 0 Å². The van der Waals surface area contributed by atoms with Gasteiger partial charge < -0.3 is 19.7 Å². The Hall–Kier alpha value is -1.60. The molecule has 1 fully saturated rings. The smallest absolute Gasteiger partial charge is 0.410 e. The van der Waals surface area contributed by atoms with Crippen LogP contribution in [0, 0.1) is 0 Å². The molecule has 1 N–H and O–H groups in total. The number of ether oxygens (including phenoxy) is 2. The quantitative estimate of drug-likeness (QED) is 0.882. The minimum absolute atomic E-state index is 0.0206. The number of hydrogen-bond donors (Lipinski definition) is 1. The van der Waals surface area contributed by atoms with E-state index in [1.54, 1.807) is 4.68 Å². The number of carbonyl (C=O) groups excluding carboxylic acids is 1. The Morgan fingerprint density at radius 3 is 2.80 bits per heavy atom. The Morgan fingerprint density at radius 1 is 1.48 bits per heavy atom. The summed E-state index contributed by atoms with van der Waals surface area (Å²) in [4.78, 5) is 14.3. The standard InChI is InChI=1S/C18H32N4O3/c1-13(20-14(2)15-10-19-21(6)11-15)9-16-12-24-8-7-22(16)17(23)25-18(3,4)5/h10-11,13-14,16,20H,7-9,12H2,1-6H3. The number of amides is 1. The molecule has 1 aliphatic heterocycles. The third-order valence-electron chi connectivity index (χ3n) is 4.24. The van der Waals surface area contributed by atoms with Crippen molar-refractivity contribution in [2.75, 3.05) is 19.8 Å². The van der Waals surface area contributed by atoms with Gasteiger partial charge in [-0.25, -0.2) is 4.79 Å². The Labute approximate surface area is 150 Å². The lowest BCUT2D eigenvalue weighted by Gasteiger charge is -2.38. The van der Waals surface area contributed by atoms with Gasteiger partial charge in [-0.3, -0.25) is 4.68 Å². The number of aryl methyl sites for hydroxylation is 1. The van der Waals surface area contributed by atoms with E-state index in [-0.39, 0.29) is 24.2 Å². The molecule has 7 heteroatoms. The van der Waals surface area contributed by atoms with Gasteiger partial charge in [0.2, 0.25) is 0 Å². The zero-order chi connectivity index (χ0) is 18.6. The summed E-state index contributed by atoms with van der Waals surface area (Å²) >= 11 is 0. The summed E-state index contributed by atoms with van der Waals surface area (Å²) in [5.74, 6) is 0. The second-order valence-electron chi connectivity index (χ2n) is 7.87. The number of rotatable bonds is 5. The first-order valence-corrected chi connectivity index (χ1v) is 8.97. The van der Waals surface area contributed by atoms with Crippen molar-refractivity contribution in [2.45, 2.75) is 64.8 Å². The summed E-state index contributed by atoms with van der Waals surface area (Å²) in [5.41, 5.74) is 0.664. The Bertz CT molecular complexity index is 567. The average Bonchev–Trinajstić information content (AvgIpc) is 2.92. The first kappa shape index (κ1) is 19.7. The molecule has 2 rings (SSSR count). The Balaban J connectivity index is 1.92. The van der Waals surface area contributed by atoms with Gasteiger partial charge in [0, 0.05) is 37.4 Å². The molecule has 0 saturated carbocycles. The highest BCUT2D eigenvalue weighted by Crippen LogP contribution is 2.19. The fourth-order valence-electron chi connectivity index (χ4n) is 3.07. The van der Waals surface area contributed by atoms with Crippen molar-refractivity contribution in [3.63, 3.8) is 0 Å². The van der Waals surface area contributed by atoms with Gasteiger partial charge >= 0.3 is 6.09 Å². The molecular formula is C18H32N4O3. The maximum Gasteiger partial charge on any atom is 0.410 e. The molecule has 3 unspecified atom stereocenters. The van der Waals surface area contributed by atoms with Crippen LogP contribution in [0.2, 0.25) is 0 Å². The van der Waals surface area contributed by atoms with Crippen LogP contribution in [-0.4, -0.2) is 58.2 Å². The summed E-state index contributed by atoms with van der Waals surface area (Å²) in [6, 6.07) is 0.447. The van der Waals surface area contributed by atoms with Crippen LogP contribution in [0.3, 0.4) is 0 Å². The molecule has 1 amide bonds. The van der Waals surface area contributed by atoms with Crippen molar-refractivity contribution in [1.29, 1.82) is 0 Å². The number of nitrogens with one attached hydrogen (secondary N) is 1. The highest BCUT2D eigenvalue weighted by atomic mass is 16.6. The molecule has 25 heavy (non-hydrogen) atoms. The molecule has 1 aromatic heterocycles. The van der Waals surface area contributed by atoms with Crippen molar-refractivity contribution < 1.29 is 14.3 Å². The van der Waals surface area contributed by atoms with Crippen molar-refractivity contribution in [3.05, 3.63) is 18.0 Å². The normalized spacial score (nSPS) is 21.0. The van der Waals surface area contributed by atoms with Crippen LogP contribution in [0.4, 0.5) is 4.79 Å². The van der Waals surface area contributed by atoms with E-state index >= 15 is 0 Å². The lowest BCUT2D eigenvalue weighted by atomic mass is 10.0. The Morgan fingerprint density at radius 2 is 2.20 bits per heavy atom. The fraction of sp³-hybridized carbons (Fsp3) is 0.778. The number of morpholine rings is 1. The molecule has 7 nitrogen and oxygen atoms in total. The van der Waals surface area contributed by atoms with Gasteiger partial charge in [0.1, 0.15) is 5.60 Å². The number of nitrogens with zero attached hydrogens (tertiary/aromatic N) is 3. The zero-order valence-corrected chi connectivity index (χ0v) is 16.3. The van der Waals surface area contributed by atoms with Crippen LogP contribution < -0.4 is 5.32 Å². The van der Waals surface area contributed by atoms with Gasteiger partial charge in [-0.15, -0.1) is 0 Å². The molecular weight excluding hydrogens is 320 g/mol. The summed E-state index contributed by atoms with van der Waals surface area (Å²) in [6.45, 7) is 11.6. The number of aromatic nitrogens is 2. The monoisotopic (exact) mass is 352 g/mol. The number of carbonyl (C=O) groups is 1. The van der Waals surface area contributed by atoms with Crippen molar-refractivity contribution in [1.82, 2.24) is 20.0 Å². The van der Waals surface area contributed by atoms with E-state index in [0.717, 1.165) is 12.0 Å². The molecule has 3 atom stereocenters. The van der Waals surface area contributed by atoms with Gasteiger partial charge in [0.05, 0.1) is 25.5 Å². The predicted molar refractivity (Wildman–Crippen MR) is 96.4 cm³/mol. The molecule has 142 valence electrons. The summed E-state index contributed by atoms with van der Waals surface area (Å²) < 4.78 is 12.9. The second-order valence-corrected chi connectivity index (χ2v) is 7.87. The highest BCUT2D eigenvalue weighted by Gasteiger charge is 2.32. The SMILES string of the molecule is CC(CC1COCCN1C(=O)OC(C)(C)C)NC(C)c1cnn(C)c1. The third kappa shape index (κ3) is 6.01. The van der Waals surface area contributed by atoms with E-state index in [1.807, 2.05) is 45.1 Å². The molecule has 2 heterocycles. The summed E-state index contributed by atoms with van der Waals surface area (Å²) in [5, 5.41) is 7.79. The van der Waals surface area contributed by atoms with Crippen molar-refractivity contribution in [2.24, 2.45) is 7.05 Å². The molecule has 0 aromatic carbocycles. The maximum absolute atomic E-state index is 12.5. The van der Waals surface area contributed by atoms with Crippen LogP contribution in [-0.2, 0) is 16.5 Å². The summed E-state index contributed by atoms with van der Waals surface area (Å²) in [7, 11) is 1.91. The molecule has 1 saturated heterocycles.